The molecule has 3 heterocycles. The number of rotatable bonds is 4. The van der Waals surface area contributed by atoms with Gasteiger partial charge in [-0.2, -0.15) is 0 Å². The highest BCUT2D eigenvalue weighted by Crippen LogP contribution is 2.33. The molecular weight excluding hydrogens is 369 g/mol. The van der Waals surface area contributed by atoms with E-state index in [2.05, 4.69) is 10.2 Å². The summed E-state index contributed by atoms with van der Waals surface area (Å²) in [4.78, 5) is 15.6. The van der Waals surface area contributed by atoms with Crippen LogP contribution in [0.15, 0.2) is 41.8 Å². The average molecular weight is 388 g/mol. The van der Waals surface area contributed by atoms with Crippen molar-refractivity contribution >= 4 is 28.6 Å². The number of piperidine rings is 1. The molecule has 0 saturated carbocycles. The minimum Gasteiger partial charge on any atom is -0.342 e. The van der Waals surface area contributed by atoms with Crippen LogP contribution in [0.5, 0.6) is 0 Å². The molecule has 0 N–H and O–H groups in total. The fourth-order valence-electron chi connectivity index (χ4n) is 3.22. The molecule has 0 bridgehead atoms. The predicted octanol–water partition coefficient (Wildman–Crippen LogP) is 4.35. The van der Waals surface area contributed by atoms with Crippen LogP contribution in [0, 0.1) is 5.82 Å². The van der Waals surface area contributed by atoms with E-state index in [0.717, 1.165) is 29.3 Å². The van der Waals surface area contributed by atoms with Crippen molar-refractivity contribution in [2.45, 2.75) is 25.2 Å². The Bertz CT molecular complexity index is 894. The van der Waals surface area contributed by atoms with Crippen molar-refractivity contribution in [3.63, 3.8) is 0 Å². The van der Waals surface area contributed by atoms with Crippen molar-refractivity contribution in [3.8, 4) is 10.6 Å². The lowest BCUT2D eigenvalue weighted by atomic mass is 9.98. The second-order valence-corrected chi connectivity index (χ2v) is 8.40. The van der Waals surface area contributed by atoms with Crippen molar-refractivity contribution in [1.82, 2.24) is 15.1 Å². The smallest absolute Gasteiger partial charge is 0.227 e. The molecule has 134 valence electrons. The number of amides is 1. The summed E-state index contributed by atoms with van der Waals surface area (Å²) in [6.45, 7) is 1.45. The average Bonchev–Trinajstić information content (AvgIpc) is 3.34. The third kappa shape index (κ3) is 3.68. The summed E-state index contributed by atoms with van der Waals surface area (Å²) < 4.78 is 14.0. The first-order chi connectivity index (χ1) is 12.7. The Kier molecular flexibility index (Phi) is 5.08. The monoisotopic (exact) mass is 387 g/mol. The van der Waals surface area contributed by atoms with Crippen LogP contribution >= 0.6 is 22.7 Å². The molecule has 0 radical (unpaired) electrons. The van der Waals surface area contributed by atoms with E-state index in [0.29, 0.717) is 23.5 Å². The quantitative estimate of drug-likeness (QED) is 0.668. The second kappa shape index (κ2) is 7.63. The van der Waals surface area contributed by atoms with Crippen LogP contribution in [0.3, 0.4) is 0 Å². The molecule has 2 aromatic heterocycles. The molecule has 3 aromatic rings. The zero-order chi connectivity index (χ0) is 17.9. The van der Waals surface area contributed by atoms with Gasteiger partial charge < -0.3 is 4.90 Å². The molecule has 1 aliphatic rings. The SMILES string of the molecule is O=C(Cc1cccs1)N1CCCC(c2nnc(-c3ccccc3F)s2)C1. The van der Waals surface area contributed by atoms with Gasteiger partial charge in [-0.15, -0.1) is 21.5 Å². The Hall–Kier alpha value is -2.12. The van der Waals surface area contributed by atoms with Crippen molar-refractivity contribution < 1.29 is 9.18 Å². The number of carbonyl (C=O) groups is 1. The van der Waals surface area contributed by atoms with Gasteiger partial charge in [-0.3, -0.25) is 4.79 Å². The standard InChI is InChI=1S/C19H18FN3OS2/c20-16-8-2-1-7-15(16)19-22-21-18(26-19)13-5-3-9-23(12-13)17(24)11-14-6-4-10-25-14/h1-2,4,6-8,10,13H,3,5,9,11-12H2. The molecule has 7 heteroatoms. The predicted molar refractivity (Wildman–Crippen MR) is 102 cm³/mol. The van der Waals surface area contributed by atoms with Gasteiger partial charge in [-0.05, 0) is 36.4 Å². The number of hydrogen-bond donors (Lipinski definition) is 0. The van der Waals surface area contributed by atoms with Crippen LogP contribution in [-0.2, 0) is 11.2 Å². The van der Waals surface area contributed by atoms with E-state index in [1.807, 2.05) is 22.4 Å². The summed E-state index contributed by atoms with van der Waals surface area (Å²) in [5.41, 5.74) is 0.484. The van der Waals surface area contributed by atoms with Crippen molar-refractivity contribution in [2.24, 2.45) is 0 Å². The van der Waals surface area contributed by atoms with Gasteiger partial charge in [-0.25, -0.2) is 4.39 Å². The summed E-state index contributed by atoms with van der Waals surface area (Å²) in [5, 5.41) is 11.9. The lowest BCUT2D eigenvalue weighted by molar-refractivity contribution is -0.131. The Morgan fingerprint density at radius 2 is 2.12 bits per heavy atom. The Balaban J connectivity index is 1.46. The van der Waals surface area contributed by atoms with E-state index in [9.17, 15) is 9.18 Å². The first-order valence-corrected chi connectivity index (χ1v) is 10.3. The summed E-state index contributed by atoms with van der Waals surface area (Å²) in [5.74, 6) is 0.0525. The van der Waals surface area contributed by atoms with Gasteiger partial charge in [0.05, 0.1) is 6.42 Å². The van der Waals surface area contributed by atoms with Gasteiger partial charge in [0, 0.05) is 29.4 Å². The maximum atomic E-state index is 14.0. The number of nitrogens with zero attached hydrogens (tertiary/aromatic N) is 3. The third-order valence-electron chi connectivity index (χ3n) is 4.57. The first kappa shape index (κ1) is 17.3. The van der Waals surface area contributed by atoms with E-state index < -0.39 is 0 Å². The van der Waals surface area contributed by atoms with Gasteiger partial charge in [0.2, 0.25) is 5.91 Å². The van der Waals surface area contributed by atoms with Gasteiger partial charge >= 0.3 is 0 Å². The highest BCUT2D eigenvalue weighted by atomic mass is 32.1. The Labute approximate surface area is 159 Å². The van der Waals surface area contributed by atoms with Crippen LogP contribution in [0.1, 0.15) is 28.6 Å². The minimum atomic E-state index is -0.286. The topological polar surface area (TPSA) is 46.1 Å². The number of halogens is 1. The maximum Gasteiger partial charge on any atom is 0.227 e. The van der Waals surface area contributed by atoms with Gasteiger partial charge in [0.25, 0.3) is 0 Å². The highest BCUT2D eigenvalue weighted by molar-refractivity contribution is 7.14. The highest BCUT2D eigenvalue weighted by Gasteiger charge is 2.27. The molecule has 1 fully saturated rings. The number of likely N-dealkylation sites (tertiary alicyclic amines) is 1. The molecular formula is C19H18FN3OS2. The maximum absolute atomic E-state index is 14.0. The van der Waals surface area contributed by atoms with Gasteiger partial charge in [0.1, 0.15) is 10.8 Å². The van der Waals surface area contributed by atoms with Crippen molar-refractivity contribution in [2.75, 3.05) is 13.1 Å². The normalized spacial score (nSPS) is 17.4. The summed E-state index contributed by atoms with van der Waals surface area (Å²) in [6.07, 6.45) is 2.39. The second-order valence-electron chi connectivity index (χ2n) is 6.36. The van der Waals surface area contributed by atoms with Crippen LogP contribution in [0.2, 0.25) is 0 Å². The zero-order valence-electron chi connectivity index (χ0n) is 14.1. The molecule has 4 rings (SSSR count). The molecule has 1 unspecified atom stereocenters. The third-order valence-corrected chi connectivity index (χ3v) is 6.57. The molecule has 1 amide bonds. The van der Waals surface area contributed by atoms with Crippen LogP contribution in [-0.4, -0.2) is 34.1 Å². The van der Waals surface area contributed by atoms with E-state index >= 15 is 0 Å². The minimum absolute atomic E-state index is 0.163. The lowest BCUT2D eigenvalue weighted by Gasteiger charge is -2.31. The molecule has 0 spiro atoms. The van der Waals surface area contributed by atoms with Crippen molar-refractivity contribution in [1.29, 1.82) is 0 Å². The van der Waals surface area contributed by atoms with Gasteiger partial charge in [-0.1, -0.05) is 29.5 Å². The fourth-order valence-corrected chi connectivity index (χ4v) is 4.91. The molecule has 26 heavy (non-hydrogen) atoms. The van der Waals surface area contributed by atoms with Crippen LogP contribution < -0.4 is 0 Å². The molecule has 1 saturated heterocycles. The number of carbonyl (C=O) groups excluding carboxylic acids is 1. The van der Waals surface area contributed by atoms with Crippen molar-refractivity contribution in [3.05, 3.63) is 57.5 Å². The lowest BCUT2D eigenvalue weighted by Crippen LogP contribution is -2.39. The van der Waals surface area contributed by atoms with E-state index in [4.69, 9.17) is 0 Å². The molecule has 1 aromatic carbocycles. The number of hydrogen-bond acceptors (Lipinski definition) is 5. The van der Waals surface area contributed by atoms with Crippen LogP contribution in [0.25, 0.3) is 10.6 Å². The summed E-state index contributed by atoms with van der Waals surface area (Å²) >= 11 is 3.04. The first-order valence-electron chi connectivity index (χ1n) is 8.59. The largest absolute Gasteiger partial charge is 0.342 e. The molecule has 0 aliphatic carbocycles. The Morgan fingerprint density at radius 3 is 2.92 bits per heavy atom. The molecule has 1 aliphatic heterocycles. The molecule has 4 nitrogen and oxygen atoms in total. The van der Waals surface area contributed by atoms with Crippen LogP contribution in [0.4, 0.5) is 4.39 Å². The zero-order valence-corrected chi connectivity index (χ0v) is 15.7. The van der Waals surface area contributed by atoms with Gasteiger partial charge in [0.15, 0.2) is 5.01 Å². The number of benzene rings is 1. The Morgan fingerprint density at radius 1 is 1.23 bits per heavy atom. The molecule has 1 atom stereocenters. The summed E-state index contributed by atoms with van der Waals surface area (Å²) in [6, 6.07) is 10.6. The van der Waals surface area contributed by atoms with E-state index in [1.165, 1.54) is 17.4 Å². The fraction of sp³-hybridized carbons (Fsp3) is 0.316. The van der Waals surface area contributed by atoms with E-state index in [-0.39, 0.29) is 17.6 Å². The number of thiophene rings is 1. The van der Waals surface area contributed by atoms with E-state index in [1.54, 1.807) is 29.5 Å². The number of aromatic nitrogens is 2. The summed E-state index contributed by atoms with van der Waals surface area (Å²) in [7, 11) is 0.